The maximum atomic E-state index is 5.42. The predicted octanol–water partition coefficient (Wildman–Crippen LogP) is 2.82. The molecule has 7 heteroatoms. The van der Waals surface area contributed by atoms with Gasteiger partial charge in [0.1, 0.15) is 0 Å². The third-order valence-electron chi connectivity index (χ3n) is 3.52. The van der Waals surface area contributed by atoms with Crippen molar-refractivity contribution < 1.29 is 4.52 Å². The summed E-state index contributed by atoms with van der Waals surface area (Å²) in [4.78, 5) is 4.50. The molecule has 124 valence electrons. The van der Waals surface area contributed by atoms with Crippen LogP contribution in [0.5, 0.6) is 0 Å². The topological polar surface area (TPSA) is 68.8 Å². The zero-order valence-electron chi connectivity index (χ0n) is 14.2. The SMILES string of the molecule is CCc1c(-c2nc(CC(C)NC)no2)cnn1C(C)(C)C.Cl. The van der Waals surface area contributed by atoms with Gasteiger partial charge in [-0.2, -0.15) is 10.1 Å². The van der Waals surface area contributed by atoms with Crippen molar-refractivity contribution in [3.8, 4) is 11.5 Å². The lowest BCUT2D eigenvalue weighted by atomic mass is 10.1. The predicted molar refractivity (Wildman–Crippen MR) is 89.4 cm³/mol. The van der Waals surface area contributed by atoms with E-state index in [1.54, 1.807) is 0 Å². The van der Waals surface area contributed by atoms with Crippen molar-refractivity contribution in [3.05, 3.63) is 17.7 Å². The molecular weight excluding hydrogens is 302 g/mol. The summed E-state index contributed by atoms with van der Waals surface area (Å²) >= 11 is 0. The molecule has 0 spiro atoms. The van der Waals surface area contributed by atoms with Crippen molar-refractivity contribution in [2.24, 2.45) is 0 Å². The van der Waals surface area contributed by atoms with Crippen LogP contribution in [0, 0.1) is 0 Å². The van der Waals surface area contributed by atoms with E-state index >= 15 is 0 Å². The van der Waals surface area contributed by atoms with Crippen molar-refractivity contribution >= 4 is 12.4 Å². The lowest BCUT2D eigenvalue weighted by Gasteiger charge is -2.22. The maximum absolute atomic E-state index is 5.42. The summed E-state index contributed by atoms with van der Waals surface area (Å²) in [7, 11) is 1.92. The van der Waals surface area contributed by atoms with Gasteiger partial charge in [0.15, 0.2) is 5.82 Å². The van der Waals surface area contributed by atoms with E-state index in [9.17, 15) is 0 Å². The highest BCUT2D eigenvalue weighted by atomic mass is 35.5. The van der Waals surface area contributed by atoms with Crippen LogP contribution < -0.4 is 5.32 Å². The van der Waals surface area contributed by atoms with Gasteiger partial charge in [-0.15, -0.1) is 12.4 Å². The average Bonchev–Trinajstić information content (AvgIpc) is 3.02. The quantitative estimate of drug-likeness (QED) is 0.914. The molecule has 0 saturated carbocycles. The van der Waals surface area contributed by atoms with Crippen LogP contribution in [0.15, 0.2) is 10.7 Å². The number of likely N-dealkylation sites (N-methyl/N-ethyl adjacent to an activating group) is 1. The zero-order chi connectivity index (χ0) is 15.6. The van der Waals surface area contributed by atoms with Crippen LogP contribution in [0.25, 0.3) is 11.5 Å². The molecule has 1 unspecified atom stereocenters. The fraction of sp³-hybridized carbons (Fsp3) is 0.667. The molecule has 0 saturated heterocycles. The Kier molecular flexibility index (Phi) is 6.14. The fourth-order valence-electron chi connectivity index (χ4n) is 2.29. The molecule has 0 aromatic carbocycles. The lowest BCUT2D eigenvalue weighted by Crippen LogP contribution is -2.25. The third-order valence-corrected chi connectivity index (χ3v) is 3.52. The molecule has 2 rings (SSSR count). The number of halogens is 1. The molecule has 2 heterocycles. The number of aromatic nitrogens is 4. The van der Waals surface area contributed by atoms with E-state index in [1.165, 1.54) is 0 Å². The van der Waals surface area contributed by atoms with Gasteiger partial charge in [-0.05, 0) is 41.2 Å². The Labute approximate surface area is 138 Å². The van der Waals surface area contributed by atoms with E-state index < -0.39 is 0 Å². The number of rotatable bonds is 5. The van der Waals surface area contributed by atoms with Crippen LogP contribution in [0.2, 0.25) is 0 Å². The van der Waals surface area contributed by atoms with Crippen molar-refractivity contribution in [1.82, 2.24) is 25.2 Å². The second-order valence-electron chi connectivity index (χ2n) is 6.35. The Bertz CT molecular complexity index is 599. The van der Waals surface area contributed by atoms with E-state index in [2.05, 4.69) is 55.2 Å². The van der Waals surface area contributed by atoms with Crippen LogP contribution in [-0.2, 0) is 18.4 Å². The minimum atomic E-state index is -0.0624. The summed E-state index contributed by atoms with van der Waals surface area (Å²) in [6, 6.07) is 0.318. The highest BCUT2D eigenvalue weighted by Gasteiger charge is 2.23. The highest BCUT2D eigenvalue weighted by molar-refractivity contribution is 5.85. The van der Waals surface area contributed by atoms with Gasteiger partial charge >= 0.3 is 0 Å². The highest BCUT2D eigenvalue weighted by Crippen LogP contribution is 2.26. The first-order valence-electron chi connectivity index (χ1n) is 7.44. The molecule has 0 fully saturated rings. The Morgan fingerprint density at radius 1 is 1.36 bits per heavy atom. The molecule has 2 aromatic heterocycles. The maximum Gasteiger partial charge on any atom is 0.261 e. The van der Waals surface area contributed by atoms with E-state index in [0.29, 0.717) is 11.9 Å². The van der Waals surface area contributed by atoms with E-state index in [1.807, 2.05) is 17.9 Å². The van der Waals surface area contributed by atoms with E-state index in [0.717, 1.165) is 29.9 Å². The van der Waals surface area contributed by atoms with Gasteiger partial charge < -0.3 is 9.84 Å². The molecule has 1 atom stereocenters. The van der Waals surface area contributed by atoms with Gasteiger partial charge in [-0.1, -0.05) is 12.1 Å². The Balaban J connectivity index is 0.00000242. The first kappa shape index (κ1) is 18.6. The van der Waals surface area contributed by atoms with Crippen molar-refractivity contribution in [2.45, 2.75) is 59.0 Å². The molecule has 6 nitrogen and oxygen atoms in total. The number of nitrogens with zero attached hydrogens (tertiary/aromatic N) is 4. The molecule has 2 aromatic rings. The Morgan fingerprint density at radius 3 is 2.59 bits per heavy atom. The molecule has 0 radical (unpaired) electrons. The molecule has 0 aliphatic carbocycles. The molecule has 0 amide bonds. The molecule has 1 N–H and O–H groups in total. The molecule has 0 bridgehead atoms. The van der Waals surface area contributed by atoms with Gasteiger partial charge in [0.2, 0.25) is 0 Å². The molecule has 0 aliphatic heterocycles. The number of hydrogen-bond acceptors (Lipinski definition) is 5. The van der Waals surface area contributed by atoms with Crippen LogP contribution in [0.4, 0.5) is 0 Å². The summed E-state index contributed by atoms with van der Waals surface area (Å²) in [5.74, 6) is 1.28. The van der Waals surface area contributed by atoms with Crippen LogP contribution in [0.3, 0.4) is 0 Å². The minimum Gasteiger partial charge on any atom is -0.334 e. The van der Waals surface area contributed by atoms with Gasteiger partial charge in [-0.25, -0.2) is 0 Å². The van der Waals surface area contributed by atoms with E-state index in [-0.39, 0.29) is 17.9 Å². The summed E-state index contributed by atoms with van der Waals surface area (Å²) in [6.45, 7) is 10.6. The zero-order valence-corrected chi connectivity index (χ0v) is 15.0. The molecule has 22 heavy (non-hydrogen) atoms. The molecular formula is C15H26ClN5O. The Hall–Kier alpha value is -1.40. The smallest absolute Gasteiger partial charge is 0.261 e. The van der Waals surface area contributed by atoms with Gasteiger partial charge in [-0.3, -0.25) is 4.68 Å². The van der Waals surface area contributed by atoms with E-state index in [4.69, 9.17) is 4.52 Å². The standard InChI is InChI=1S/C15H25N5O.ClH/c1-7-12-11(9-17-20(12)15(3,4)5)14-18-13(19-21-14)8-10(2)16-6;/h9-10,16H,7-8H2,1-6H3;1H. The average molecular weight is 328 g/mol. The van der Waals surface area contributed by atoms with Crippen LogP contribution >= 0.6 is 12.4 Å². The minimum absolute atomic E-state index is 0. The summed E-state index contributed by atoms with van der Waals surface area (Å²) < 4.78 is 7.45. The first-order chi connectivity index (χ1) is 9.86. The second-order valence-corrected chi connectivity index (χ2v) is 6.35. The lowest BCUT2D eigenvalue weighted by molar-refractivity contribution is 0.344. The normalized spacial score (nSPS) is 13.0. The van der Waals surface area contributed by atoms with Gasteiger partial charge in [0, 0.05) is 12.5 Å². The third kappa shape index (κ3) is 3.87. The monoisotopic (exact) mass is 327 g/mol. The second kappa shape index (κ2) is 7.24. The number of hydrogen-bond donors (Lipinski definition) is 1. The summed E-state index contributed by atoms with van der Waals surface area (Å²) in [5.41, 5.74) is 2.00. The largest absolute Gasteiger partial charge is 0.334 e. The van der Waals surface area contributed by atoms with Gasteiger partial charge in [0.25, 0.3) is 5.89 Å². The van der Waals surface area contributed by atoms with Crippen LogP contribution in [0.1, 0.15) is 46.1 Å². The van der Waals surface area contributed by atoms with Crippen molar-refractivity contribution in [3.63, 3.8) is 0 Å². The van der Waals surface area contributed by atoms with Crippen molar-refractivity contribution in [2.75, 3.05) is 7.05 Å². The fourth-order valence-corrected chi connectivity index (χ4v) is 2.29. The summed E-state index contributed by atoms with van der Waals surface area (Å²) in [5, 5.41) is 11.7. The Morgan fingerprint density at radius 2 is 2.05 bits per heavy atom. The first-order valence-corrected chi connectivity index (χ1v) is 7.44. The van der Waals surface area contributed by atoms with Gasteiger partial charge in [0.05, 0.1) is 23.0 Å². The van der Waals surface area contributed by atoms with Crippen molar-refractivity contribution in [1.29, 1.82) is 0 Å². The summed E-state index contributed by atoms with van der Waals surface area (Å²) in [6.07, 6.45) is 3.44. The van der Waals surface area contributed by atoms with Crippen LogP contribution in [-0.4, -0.2) is 33.0 Å². The molecule has 0 aliphatic rings. The number of nitrogens with one attached hydrogen (secondary N) is 1.